The van der Waals surface area contributed by atoms with Gasteiger partial charge in [-0.2, -0.15) is 0 Å². The van der Waals surface area contributed by atoms with Gasteiger partial charge < -0.3 is 20.6 Å². The molecule has 0 saturated carbocycles. The summed E-state index contributed by atoms with van der Waals surface area (Å²) in [5.74, 6) is -1.42. The second-order valence-electron chi connectivity index (χ2n) is 9.43. The molecule has 0 unspecified atom stereocenters. The maximum atomic E-state index is 13.5. The molecular formula is C23H43N3O4. The van der Waals surface area contributed by atoms with E-state index >= 15 is 0 Å². The molecule has 0 rings (SSSR count). The van der Waals surface area contributed by atoms with E-state index in [1.54, 1.807) is 18.0 Å². The van der Waals surface area contributed by atoms with Crippen molar-refractivity contribution in [1.82, 2.24) is 15.5 Å². The second kappa shape index (κ2) is 11.5. The molecule has 0 aliphatic rings. The van der Waals surface area contributed by atoms with Crippen LogP contribution < -0.4 is 10.6 Å². The zero-order chi connectivity index (χ0) is 23.9. The molecule has 0 aromatic heterocycles. The molecule has 30 heavy (non-hydrogen) atoms. The van der Waals surface area contributed by atoms with Crippen LogP contribution in [0.15, 0.2) is 11.6 Å². The normalized spacial score (nSPS) is 15.0. The molecule has 0 fully saturated rings. The smallest absolute Gasteiger partial charge is 0.331 e. The van der Waals surface area contributed by atoms with E-state index in [0.717, 1.165) is 0 Å². The number of nitrogens with one attached hydrogen (secondary N) is 2. The predicted octanol–water partition coefficient (Wildman–Crippen LogP) is 3.20. The number of likely N-dealkylation sites (N-methyl/N-ethyl adjacent to an activating group) is 2. The van der Waals surface area contributed by atoms with Gasteiger partial charge in [0.05, 0.1) is 11.6 Å². The van der Waals surface area contributed by atoms with Gasteiger partial charge in [0.15, 0.2) is 0 Å². The lowest BCUT2D eigenvalue weighted by Gasteiger charge is -2.40. The summed E-state index contributed by atoms with van der Waals surface area (Å²) in [4.78, 5) is 39.6. The van der Waals surface area contributed by atoms with Crippen molar-refractivity contribution in [1.29, 1.82) is 0 Å². The fraction of sp³-hybridized carbons (Fsp3) is 0.783. The summed E-state index contributed by atoms with van der Waals surface area (Å²) in [6.07, 6.45) is 2.83. The van der Waals surface area contributed by atoms with E-state index in [-0.39, 0.29) is 23.3 Å². The number of hydrogen-bond acceptors (Lipinski definition) is 4. The van der Waals surface area contributed by atoms with Crippen LogP contribution in [0.4, 0.5) is 0 Å². The predicted molar refractivity (Wildman–Crippen MR) is 121 cm³/mol. The lowest BCUT2D eigenvalue weighted by atomic mass is 9.83. The Balaban J connectivity index is 5.99. The van der Waals surface area contributed by atoms with E-state index in [9.17, 15) is 19.5 Å². The molecule has 2 atom stereocenters. The number of rotatable bonds is 11. The second-order valence-corrected chi connectivity index (χ2v) is 9.43. The highest BCUT2D eigenvalue weighted by Gasteiger charge is 2.41. The van der Waals surface area contributed by atoms with Crippen LogP contribution >= 0.6 is 0 Å². The molecule has 0 radical (unpaired) electrons. The highest BCUT2D eigenvalue weighted by Crippen LogP contribution is 2.25. The molecule has 0 heterocycles. The zero-order valence-corrected chi connectivity index (χ0v) is 20.5. The van der Waals surface area contributed by atoms with Gasteiger partial charge in [-0.05, 0) is 37.6 Å². The Labute approximate surface area is 182 Å². The van der Waals surface area contributed by atoms with Crippen LogP contribution in [0.25, 0.3) is 0 Å². The number of carboxylic acid groups (broad SMARTS) is 1. The maximum Gasteiger partial charge on any atom is 0.331 e. The van der Waals surface area contributed by atoms with Crippen LogP contribution in [0.3, 0.4) is 0 Å². The Hall–Kier alpha value is -1.89. The Morgan fingerprint density at radius 3 is 1.90 bits per heavy atom. The minimum absolute atomic E-state index is 0.0108. The van der Waals surface area contributed by atoms with Crippen molar-refractivity contribution < 1.29 is 19.5 Å². The van der Waals surface area contributed by atoms with Crippen LogP contribution in [0.5, 0.6) is 0 Å². The minimum Gasteiger partial charge on any atom is -0.478 e. The maximum absolute atomic E-state index is 13.5. The molecule has 7 nitrogen and oxygen atoms in total. The van der Waals surface area contributed by atoms with Crippen molar-refractivity contribution in [2.24, 2.45) is 11.3 Å². The largest absolute Gasteiger partial charge is 0.478 e. The van der Waals surface area contributed by atoms with Gasteiger partial charge in [-0.3, -0.25) is 9.59 Å². The molecule has 7 heteroatoms. The number of carbonyl (C=O) groups is 3. The zero-order valence-electron chi connectivity index (χ0n) is 20.5. The number of hydrogen-bond donors (Lipinski definition) is 3. The molecular weight excluding hydrogens is 382 g/mol. The van der Waals surface area contributed by atoms with Crippen molar-refractivity contribution in [3.63, 3.8) is 0 Å². The highest BCUT2D eigenvalue weighted by molar-refractivity contribution is 5.93. The summed E-state index contributed by atoms with van der Waals surface area (Å²) in [6, 6.07) is -1.14. The summed E-state index contributed by atoms with van der Waals surface area (Å²) in [5, 5.41) is 15.5. The van der Waals surface area contributed by atoms with Crippen LogP contribution in [-0.2, 0) is 14.4 Å². The summed E-state index contributed by atoms with van der Waals surface area (Å²) in [5.41, 5.74) is -1.06. The van der Waals surface area contributed by atoms with Gasteiger partial charge in [-0.25, -0.2) is 4.79 Å². The van der Waals surface area contributed by atoms with Gasteiger partial charge in [-0.1, -0.05) is 61.5 Å². The molecule has 174 valence electrons. The SMILES string of the molecule is CCNC(CC)(CC)C(=O)N[C@H](C(=O)N(C)[C@H](C=C(C)C(=O)O)C(C)C)C(C)(C)C. The topological polar surface area (TPSA) is 98.7 Å². The van der Waals surface area contributed by atoms with Crippen molar-refractivity contribution in [2.45, 2.75) is 92.8 Å². The Kier molecular flexibility index (Phi) is 10.8. The number of aliphatic carboxylic acids is 1. The molecule has 0 saturated heterocycles. The highest BCUT2D eigenvalue weighted by atomic mass is 16.4. The van der Waals surface area contributed by atoms with E-state index < -0.39 is 29.0 Å². The number of nitrogens with zero attached hydrogens (tertiary/aromatic N) is 1. The van der Waals surface area contributed by atoms with Crippen molar-refractivity contribution in [3.8, 4) is 0 Å². The van der Waals surface area contributed by atoms with Gasteiger partial charge in [-0.15, -0.1) is 0 Å². The molecule has 3 N–H and O–H groups in total. The van der Waals surface area contributed by atoms with Gasteiger partial charge in [0.25, 0.3) is 0 Å². The van der Waals surface area contributed by atoms with Gasteiger partial charge in [0.1, 0.15) is 6.04 Å². The Morgan fingerprint density at radius 1 is 1.07 bits per heavy atom. The first-order valence-corrected chi connectivity index (χ1v) is 10.9. The molecule has 0 aliphatic heterocycles. The van der Waals surface area contributed by atoms with Crippen LogP contribution in [-0.4, -0.2) is 59.0 Å². The van der Waals surface area contributed by atoms with Crippen LogP contribution in [0.2, 0.25) is 0 Å². The van der Waals surface area contributed by atoms with Crippen molar-refractivity contribution in [2.75, 3.05) is 13.6 Å². The molecule has 0 aromatic carbocycles. The van der Waals surface area contributed by atoms with E-state index in [1.807, 2.05) is 55.4 Å². The lowest BCUT2D eigenvalue weighted by Crippen LogP contribution is -2.63. The van der Waals surface area contributed by atoms with Crippen molar-refractivity contribution in [3.05, 3.63) is 11.6 Å². The quantitative estimate of drug-likeness (QED) is 0.442. The fourth-order valence-electron chi connectivity index (χ4n) is 3.59. The first-order chi connectivity index (χ1) is 13.7. The summed E-state index contributed by atoms with van der Waals surface area (Å²) in [7, 11) is 1.67. The monoisotopic (exact) mass is 425 g/mol. The number of amides is 2. The van der Waals surface area contributed by atoms with Crippen LogP contribution in [0, 0.1) is 11.3 Å². The standard InChI is InChI=1S/C23H43N3O4/c1-11-23(12-2,24-13-3)21(30)25-18(22(7,8)9)19(27)26(10)17(15(4)5)14-16(6)20(28)29/h14-15,17-18,24H,11-13H2,1-10H3,(H,25,30)(H,28,29)/t17-,18-/m1/s1. The lowest BCUT2D eigenvalue weighted by molar-refractivity contribution is -0.142. The molecule has 2 amide bonds. The van der Waals surface area contributed by atoms with Crippen LogP contribution in [0.1, 0.15) is 75.2 Å². The van der Waals surface area contributed by atoms with E-state index in [1.165, 1.54) is 6.92 Å². The van der Waals surface area contributed by atoms with Gasteiger partial charge in [0, 0.05) is 12.6 Å². The van der Waals surface area contributed by atoms with E-state index in [4.69, 9.17) is 0 Å². The number of carbonyl (C=O) groups excluding carboxylic acids is 2. The average Bonchev–Trinajstić information content (AvgIpc) is 2.65. The third kappa shape index (κ3) is 7.11. The average molecular weight is 426 g/mol. The minimum atomic E-state index is -1.01. The van der Waals surface area contributed by atoms with Gasteiger partial charge >= 0.3 is 5.97 Å². The molecule has 0 bridgehead atoms. The molecule has 0 aliphatic carbocycles. The third-order valence-electron chi connectivity index (χ3n) is 5.78. The van der Waals surface area contributed by atoms with Gasteiger partial charge in [0.2, 0.25) is 11.8 Å². The fourth-order valence-corrected chi connectivity index (χ4v) is 3.59. The Morgan fingerprint density at radius 2 is 1.57 bits per heavy atom. The summed E-state index contributed by atoms with van der Waals surface area (Å²) < 4.78 is 0. The summed E-state index contributed by atoms with van der Waals surface area (Å²) in [6.45, 7) is 17.7. The number of carboxylic acids is 1. The molecule has 0 spiro atoms. The van der Waals surface area contributed by atoms with E-state index in [2.05, 4.69) is 10.6 Å². The van der Waals surface area contributed by atoms with Crippen molar-refractivity contribution >= 4 is 17.8 Å². The third-order valence-corrected chi connectivity index (χ3v) is 5.78. The molecule has 0 aromatic rings. The first-order valence-electron chi connectivity index (χ1n) is 10.9. The summed E-state index contributed by atoms with van der Waals surface area (Å²) >= 11 is 0. The Bertz CT molecular complexity index is 631. The van der Waals surface area contributed by atoms with E-state index in [0.29, 0.717) is 19.4 Å². The first kappa shape index (κ1) is 28.1.